The van der Waals surface area contributed by atoms with Gasteiger partial charge in [-0.15, -0.1) is 0 Å². The molecule has 1 aromatic heterocycles. The van der Waals surface area contributed by atoms with Crippen molar-refractivity contribution >= 4 is 32.6 Å². The Hall–Kier alpha value is -3.75. The minimum absolute atomic E-state index is 0.0964. The first-order chi connectivity index (χ1) is 15.3. The lowest BCUT2D eigenvalue weighted by atomic mass is 10.1. The molecule has 0 aliphatic rings. The molecule has 3 aromatic carbocycles. The van der Waals surface area contributed by atoms with Crippen molar-refractivity contribution in [3.63, 3.8) is 0 Å². The lowest BCUT2D eigenvalue weighted by molar-refractivity contribution is 0.102. The maximum absolute atomic E-state index is 12.8. The number of nitrogens with zero attached hydrogens (tertiary/aromatic N) is 1. The summed E-state index contributed by atoms with van der Waals surface area (Å²) in [6.07, 6.45) is 0. The number of carbonyl (C=O) groups is 1. The topological polar surface area (TPSA) is 96.7 Å². The minimum Gasteiger partial charge on any atom is -0.422 e. The van der Waals surface area contributed by atoms with Crippen molar-refractivity contribution in [3.8, 4) is 0 Å². The summed E-state index contributed by atoms with van der Waals surface area (Å²) in [5.74, 6) is -0.638. The first-order valence-electron chi connectivity index (χ1n) is 9.79. The summed E-state index contributed by atoms with van der Waals surface area (Å²) >= 11 is 0. The van der Waals surface area contributed by atoms with Crippen molar-refractivity contribution in [3.05, 3.63) is 106 Å². The van der Waals surface area contributed by atoms with Gasteiger partial charge in [-0.3, -0.25) is 4.79 Å². The van der Waals surface area contributed by atoms with Crippen LogP contribution in [-0.2, 0) is 16.6 Å². The lowest BCUT2D eigenvalue weighted by Gasteiger charge is -2.17. The van der Waals surface area contributed by atoms with Crippen molar-refractivity contribution in [1.82, 2.24) is 4.31 Å². The van der Waals surface area contributed by atoms with E-state index < -0.39 is 21.6 Å². The van der Waals surface area contributed by atoms with Crippen LogP contribution >= 0.6 is 0 Å². The van der Waals surface area contributed by atoms with Gasteiger partial charge in [0.2, 0.25) is 10.0 Å². The zero-order valence-electron chi connectivity index (χ0n) is 17.2. The van der Waals surface area contributed by atoms with Gasteiger partial charge in [0.05, 0.1) is 4.90 Å². The first-order valence-corrected chi connectivity index (χ1v) is 11.2. The quantitative estimate of drug-likeness (QED) is 0.452. The summed E-state index contributed by atoms with van der Waals surface area (Å²) in [5.41, 5.74) is 0.734. The predicted octanol–water partition coefficient (Wildman–Crippen LogP) is 3.87. The number of amides is 1. The number of fused-ring (bicyclic) bond motifs is 1. The number of hydrogen-bond donors (Lipinski definition) is 1. The maximum Gasteiger partial charge on any atom is 0.349 e. The van der Waals surface area contributed by atoms with Crippen molar-refractivity contribution in [2.75, 3.05) is 12.4 Å². The molecule has 1 heterocycles. The van der Waals surface area contributed by atoms with Crippen LogP contribution in [0.5, 0.6) is 0 Å². The Morgan fingerprint density at radius 1 is 0.938 bits per heavy atom. The monoisotopic (exact) mass is 448 g/mol. The smallest absolute Gasteiger partial charge is 0.349 e. The van der Waals surface area contributed by atoms with E-state index in [-0.39, 0.29) is 17.0 Å². The Kier molecular flexibility index (Phi) is 5.89. The summed E-state index contributed by atoms with van der Waals surface area (Å²) < 4.78 is 32.1. The molecule has 0 fully saturated rings. The standard InChI is InChI=1S/C24H20N2O5S/c1-26(16-17-7-3-2-4-8-17)32(29,30)20-13-11-19(12-14-20)25-23(27)21-15-18-9-5-6-10-22(18)31-24(21)28/h2-15H,16H2,1H3,(H,25,27). The van der Waals surface area contributed by atoms with Crippen LogP contribution in [0, 0.1) is 0 Å². The van der Waals surface area contributed by atoms with Gasteiger partial charge in [0.1, 0.15) is 11.1 Å². The number of nitrogens with one attached hydrogen (secondary N) is 1. The molecule has 0 saturated carbocycles. The van der Waals surface area contributed by atoms with Gasteiger partial charge < -0.3 is 9.73 Å². The van der Waals surface area contributed by atoms with Crippen LogP contribution in [-0.4, -0.2) is 25.7 Å². The highest BCUT2D eigenvalue weighted by Crippen LogP contribution is 2.20. The molecule has 0 spiro atoms. The van der Waals surface area contributed by atoms with Gasteiger partial charge in [-0.05, 0) is 42.0 Å². The minimum atomic E-state index is -3.71. The molecule has 0 aliphatic carbocycles. The van der Waals surface area contributed by atoms with Crippen LogP contribution in [0.15, 0.2) is 99.0 Å². The molecule has 0 atom stereocenters. The second kappa shape index (κ2) is 8.78. The van der Waals surface area contributed by atoms with E-state index in [2.05, 4.69) is 5.32 Å². The van der Waals surface area contributed by atoms with E-state index in [0.717, 1.165) is 5.56 Å². The molecule has 162 valence electrons. The van der Waals surface area contributed by atoms with Gasteiger partial charge in [0.25, 0.3) is 5.91 Å². The van der Waals surface area contributed by atoms with Gasteiger partial charge >= 0.3 is 5.63 Å². The van der Waals surface area contributed by atoms with Crippen LogP contribution in [0.25, 0.3) is 11.0 Å². The second-order valence-corrected chi connectivity index (χ2v) is 9.26. The van der Waals surface area contributed by atoms with Crippen LogP contribution in [0.4, 0.5) is 5.69 Å². The van der Waals surface area contributed by atoms with Gasteiger partial charge in [-0.1, -0.05) is 48.5 Å². The second-order valence-electron chi connectivity index (χ2n) is 7.21. The highest BCUT2D eigenvalue weighted by molar-refractivity contribution is 7.89. The highest BCUT2D eigenvalue weighted by Gasteiger charge is 2.21. The van der Waals surface area contributed by atoms with Gasteiger partial charge in [-0.25, -0.2) is 13.2 Å². The number of carbonyl (C=O) groups excluding carboxylic acids is 1. The zero-order valence-corrected chi connectivity index (χ0v) is 18.0. The highest BCUT2D eigenvalue weighted by atomic mass is 32.2. The molecule has 32 heavy (non-hydrogen) atoms. The molecule has 0 unspecified atom stereocenters. The van der Waals surface area contributed by atoms with E-state index in [0.29, 0.717) is 16.7 Å². The Bertz CT molecular complexity index is 1430. The van der Waals surface area contributed by atoms with E-state index in [1.165, 1.54) is 41.7 Å². The third-order valence-electron chi connectivity index (χ3n) is 4.95. The summed E-state index contributed by atoms with van der Waals surface area (Å²) in [4.78, 5) is 24.8. The molecular weight excluding hydrogens is 428 g/mol. The molecule has 1 amide bonds. The van der Waals surface area contributed by atoms with E-state index >= 15 is 0 Å². The third kappa shape index (κ3) is 4.46. The molecule has 0 bridgehead atoms. The predicted molar refractivity (Wildman–Crippen MR) is 122 cm³/mol. The Balaban J connectivity index is 1.50. The van der Waals surface area contributed by atoms with E-state index in [9.17, 15) is 18.0 Å². The largest absolute Gasteiger partial charge is 0.422 e. The van der Waals surface area contributed by atoms with Gasteiger partial charge in [0.15, 0.2) is 0 Å². The summed E-state index contributed by atoms with van der Waals surface area (Å²) in [6.45, 7) is 0.236. The molecule has 7 nitrogen and oxygen atoms in total. The molecule has 8 heteroatoms. The van der Waals surface area contributed by atoms with Crippen molar-refractivity contribution in [1.29, 1.82) is 0 Å². The Labute approximate surface area is 185 Å². The average molecular weight is 449 g/mol. The molecule has 0 aliphatic heterocycles. The van der Waals surface area contributed by atoms with Crippen molar-refractivity contribution < 1.29 is 17.6 Å². The molecule has 1 N–H and O–H groups in total. The van der Waals surface area contributed by atoms with Gasteiger partial charge in [0, 0.05) is 24.7 Å². The zero-order chi connectivity index (χ0) is 22.7. The number of para-hydroxylation sites is 1. The number of rotatable bonds is 6. The summed E-state index contributed by atoms with van der Waals surface area (Å²) in [5, 5.41) is 3.23. The van der Waals surface area contributed by atoms with Gasteiger partial charge in [-0.2, -0.15) is 4.31 Å². The maximum atomic E-state index is 12.8. The Morgan fingerprint density at radius 3 is 2.31 bits per heavy atom. The summed E-state index contributed by atoms with van der Waals surface area (Å²) in [6, 6.07) is 23.4. The van der Waals surface area contributed by atoms with E-state index in [4.69, 9.17) is 4.42 Å². The Morgan fingerprint density at radius 2 is 1.59 bits per heavy atom. The fourth-order valence-corrected chi connectivity index (χ4v) is 4.39. The lowest BCUT2D eigenvalue weighted by Crippen LogP contribution is -2.26. The normalized spacial score (nSPS) is 11.6. The number of anilines is 1. The van der Waals surface area contributed by atoms with Crippen LogP contribution in [0.1, 0.15) is 15.9 Å². The van der Waals surface area contributed by atoms with Crippen LogP contribution in [0.2, 0.25) is 0 Å². The number of sulfonamides is 1. The van der Waals surface area contributed by atoms with E-state index in [1.54, 1.807) is 24.3 Å². The molecular formula is C24H20N2O5S. The van der Waals surface area contributed by atoms with Crippen LogP contribution in [0.3, 0.4) is 0 Å². The third-order valence-corrected chi connectivity index (χ3v) is 6.77. The first kappa shape index (κ1) is 21.5. The average Bonchev–Trinajstić information content (AvgIpc) is 2.79. The van der Waals surface area contributed by atoms with Crippen LogP contribution < -0.4 is 10.9 Å². The molecule has 0 saturated heterocycles. The number of hydrogen-bond acceptors (Lipinski definition) is 5. The molecule has 0 radical (unpaired) electrons. The number of benzene rings is 3. The SMILES string of the molecule is CN(Cc1ccccc1)S(=O)(=O)c1ccc(NC(=O)c2cc3ccccc3oc2=O)cc1. The van der Waals surface area contributed by atoms with Crippen molar-refractivity contribution in [2.45, 2.75) is 11.4 Å². The molecule has 4 aromatic rings. The van der Waals surface area contributed by atoms with E-state index in [1.807, 2.05) is 30.3 Å². The molecule has 4 rings (SSSR count). The fourth-order valence-electron chi connectivity index (χ4n) is 3.23. The summed E-state index contributed by atoms with van der Waals surface area (Å²) in [7, 11) is -2.20. The fraction of sp³-hybridized carbons (Fsp3) is 0.0833. The van der Waals surface area contributed by atoms with Crippen molar-refractivity contribution in [2.24, 2.45) is 0 Å².